The Morgan fingerprint density at radius 3 is 2.12 bits per heavy atom. The minimum atomic E-state index is -0.267. The van der Waals surface area contributed by atoms with Crippen LogP contribution in [0.3, 0.4) is 0 Å². The number of hydrogen-bond acceptors (Lipinski definition) is 7. The number of allylic oxidation sites excluding steroid dienone is 1. The number of benzene rings is 2. The number of nitrogens with zero attached hydrogens (tertiary/aromatic N) is 1. The third kappa shape index (κ3) is 4.15. The predicted octanol–water partition coefficient (Wildman–Crippen LogP) is 3.47. The normalized spacial score (nSPS) is 18.6. The quantitative estimate of drug-likeness (QED) is 0.506. The molecule has 2 aromatic carbocycles. The topological polar surface area (TPSA) is 74.3 Å². The molecule has 1 aliphatic carbocycles. The lowest BCUT2D eigenvalue weighted by molar-refractivity contribution is -0.125. The monoisotopic (exact) mass is 437 g/mol. The van der Waals surface area contributed by atoms with Gasteiger partial charge in [-0.05, 0) is 29.2 Å². The van der Waals surface area contributed by atoms with E-state index in [0.29, 0.717) is 42.8 Å². The molecule has 168 valence electrons. The smallest absolute Gasteiger partial charge is 0.204 e. The first-order chi connectivity index (χ1) is 15.5. The first-order valence-electron chi connectivity index (χ1n) is 10.6. The van der Waals surface area contributed by atoms with Gasteiger partial charge in [0, 0.05) is 19.4 Å². The highest BCUT2D eigenvalue weighted by Gasteiger charge is 2.38. The molecular weight excluding hydrogens is 410 g/mol. The molecule has 0 amide bonds. The molecule has 0 bridgehead atoms. The predicted molar refractivity (Wildman–Crippen MR) is 118 cm³/mol. The van der Waals surface area contributed by atoms with Crippen LogP contribution in [-0.4, -0.2) is 50.9 Å². The summed E-state index contributed by atoms with van der Waals surface area (Å²) in [6.07, 6.45) is 0.428. The van der Waals surface area contributed by atoms with Gasteiger partial charge in [0.25, 0.3) is 0 Å². The van der Waals surface area contributed by atoms with Gasteiger partial charge in [0.05, 0.1) is 27.9 Å². The summed E-state index contributed by atoms with van der Waals surface area (Å²) < 4.78 is 22.0. The fraction of sp³-hybridized carbons (Fsp3) is 0.360. The number of hydrogen-bond donors (Lipinski definition) is 0. The first kappa shape index (κ1) is 21.7. The van der Waals surface area contributed by atoms with Crippen molar-refractivity contribution in [1.29, 1.82) is 0 Å². The summed E-state index contributed by atoms with van der Waals surface area (Å²) in [5.74, 6) is 1.22. The van der Waals surface area contributed by atoms with Gasteiger partial charge in [0.15, 0.2) is 23.1 Å². The number of rotatable bonds is 6. The highest BCUT2D eigenvalue weighted by molar-refractivity contribution is 6.22. The van der Waals surface area contributed by atoms with Gasteiger partial charge in [-0.25, -0.2) is 0 Å². The maximum atomic E-state index is 13.1. The Balaban J connectivity index is 1.60. The molecule has 1 saturated heterocycles. The maximum Gasteiger partial charge on any atom is 0.204 e. The Labute approximate surface area is 187 Å². The standard InChI is InChI=1S/C25H27NO6/c1-29-21-13-18(14-22(30-2)24(21)31-3)17-11-19(27)23(20(28)12-17)25-26(9-10-32-25)15-16-7-5-4-6-8-16/h4-8,13-14,17H,9-12,15H2,1-3H3. The van der Waals surface area contributed by atoms with Crippen molar-refractivity contribution in [3.8, 4) is 17.2 Å². The van der Waals surface area contributed by atoms with E-state index in [1.54, 1.807) is 26.4 Å². The molecule has 4 rings (SSSR count). The second-order valence-corrected chi connectivity index (χ2v) is 7.85. The van der Waals surface area contributed by atoms with E-state index < -0.39 is 0 Å². The van der Waals surface area contributed by atoms with Crippen LogP contribution < -0.4 is 14.2 Å². The second-order valence-electron chi connectivity index (χ2n) is 7.85. The summed E-state index contributed by atoms with van der Waals surface area (Å²) >= 11 is 0. The lowest BCUT2D eigenvalue weighted by Crippen LogP contribution is -2.30. The average Bonchev–Trinajstić information content (AvgIpc) is 3.25. The van der Waals surface area contributed by atoms with E-state index in [0.717, 1.165) is 11.1 Å². The molecule has 2 fully saturated rings. The van der Waals surface area contributed by atoms with Crippen LogP contribution in [0.2, 0.25) is 0 Å². The molecule has 2 aliphatic rings. The molecule has 1 saturated carbocycles. The van der Waals surface area contributed by atoms with Crippen LogP contribution in [0, 0.1) is 0 Å². The Morgan fingerprint density at radius 2 is 1.56 bits per heavy atom. The van der Waals surface area contributed by atoms with Crippen LogP contribution in [-0.2, 0) is 20.9 Å². The minimum Gasteiger partial charge on any atom is -0.493 e. The van der Waals surface area contributed by atoms with Crippen molar-refractivity contribution in [1.82, 2.24) is 4.90 Å². The average molecular weight is 437 g/mol. The molecule has 0 aromatic heterocycles. The summed E-state index contributed by atoms with van der Waals surface area (Å²) in [7, 11) is 4.62. The summed E-state index contributed by atoms with van der Waals surface area (Å²) in [5, 5.41) is 0. The molecule has 7 nitrogen and oxygen atoms in total. The minimum absolute atomic E-state index is 0.183. The largest absolute Gasteiger partial charge is 0.493 e. The highest BCUT2D eigenvalue weighted by Crippen LogP contribution is 2.43. The van der Waals surface area contributed by atoms with E-state index in [-0.39, 0.29) is 35.9 Å². The van der Waals surface area contributed by atoms with Gasteiger partial charge in [-0.1, -0.05) is 30.3 Å². The lowest BCUT2D eigenvalue weighted by Gasteiger charge is -2.26. The fourth-order valence-corrected chi connectivity index (χ4v) is 4.32. The van der Waals surface area contributed by atoms with Gasteiger partial charge in [-0.3, -0.25) is 9.59 Å². The molecule has 1 aliphatic heterocycles. The molecular formula is C25H27NO6. The zero-order chi connectivity index (χ0) is 22.7. The first-order valence-corrected chi connectivity index (χ1v) is 10.6. The van der Waals surface area contributed by atoms with Crippen molar-refractivity contribution in [2.24, 2.45) is 0 Å². The fourth-order valence-electron chi connectivity index (χ4n) is 4.32. The molecule has 0 unspecified atom stereocenters. The van der Waals surface area contributed by atoms with Gasteiger partial charge < -0.3 is 23.8 Å². The third-order valence-electron chi connectivity index (χ3n) is 5.90. The number of methoxy groups -OCH3 is 3. The van der Waals surface area contributed by atoms with Gasteiger partial charge in [0.1, 0.15) is 12.2 Å². The van der Waals surface area contributed by atoms with Crippen LogP contribution in [0.1, 0.15) is 29.9 Å². The van der Waals surface area contributed by atoms with E-state index in [4.69, 9.17) is 18.9 Å². The van der Waals surface area contributed by atoms with Crippen LogP contribution in [0.4, 0.5) is 0 Å². The van der Waals surface area contributed by atoms with Crippen LogP contribution in [0.15, 0.2) is 53.9 Å². The van der Waals surface area contributed by atoms with E-state index in [1.165, 1.54) is 7.11 Å². The zero-order valence-electron chi connectivity index (χ0n) is 18.6. The van der Waals surface area contributed by atoms with Crippen molar-refractivity contribution < 1.29 is 28.5 Å². The van der Waals surface area contributed by atoms with Gasteiger partial charge in [-0.2, -0.15) is 0 Å². The van der Waals surface area contributed by atoms with Gasteiger partial charge >= 0.3 is 0 Å². The van der Waals surface area contributed by atoms with Crippen molar-refractivity contribution in [2.75, 3.05) is 34.5 Å². The summed E-state index contributed by atoms with van der Waals surface area (Å²) in [6, 6.07) is 13.5. The number of ketones is 2. The number of carbonyl (C=O) groups is 2. The molecule has 7 heteroatoms. The second kappa shape index (κ2) is 9.34. The Kier molecular flexibility index (Phi) is 6.35. The summed E-state index contributed by atoms with van der Waals surface area (Å²) in [4.78, 5) is 28.2. The Hall–Kier alpha value is -3.48. The molecule has 2 aromatic rings. The number of carbonyl (C=O) groups excluding carboxylic acids is 2. The lowest BCUT2D eigenvalue weighted by atomic mass is 9.79. The van der Waals surface area contributed by atoms with Crippen LogP contribution >= 0.6 is 0 Å². The van der Waals surface area contributed by atoms with E-state index in [2.05, 4.69) is 0 Å². The van der Waals surface area contributed by atoms with Crippen molar-refractivity contribution in [3.63, 3.8) is 0 Å². The van der Waals surface area contributed by atoms with E-state index >= 15 is 0 Å². The number of Topliss-reactive ketones (excluding diaryl/α,β-unsaturated/α-hetero) is 2. The van der Waals surface area contributed by atoms with Crippen molar-refractivity contribution >= 4 is 11.6 Å². The van der Waals surface area contributed by atoms with Crippen molar-refractivity contribution in [3.05, 3.63) is 65.0 Å². The SMILES string of the molecule is COc1cc(C2CC(=O)C(=C3OCCN3Cc3ccccc3)C(=O)C2)cc(OC)c1OC. The van der Waals surface area contributed by atoms with E-state index in [1.807, 2.05) is 35.2 Å². The number of ether oxygens (including phenoxy) is 4. The van der Waals surface area contributed by atoms with Crippen LogP contribution in [0.25, 0.3) is 0 Å². The highest BCUT2D eigenvalue weighted by atomic mass is 16.5. The third-order valence-corrected chi connectivity index (χ3v) is 5.90. The van der Waals surface area contributed by atoms with Gasteiger partial charge in [-0.15, -0.1) is 0 Å². The molecule has 0 radical (unpaired) electrons. The molecule has 0 atom stereocenters. The zero-order valence-corrected chi connectivity index (χ0v) is 18.6. The Morgan fingerprint density at radius 1 is 0.938 bits per heavy atom. The molecule has 1 heterocycles. The van der Waals surface area contributed by atoms with Crippen LogP contribution in [0.5, 0.6) is 17.2 Å². The van der Waals surface area contributed by atoms with E-state index in [9.17, 15) is 9.59 Å². The Bertz CT molecular complexity index is 1000. The van der Waals surface area contributed by atoms with Gasteiger partial charge in [0.2, 0.25) is 11.6 Å². The molecule has 0 spiro atoms. The molecule has 32 heavy (non-hydrogen) atoms. The summed E-state index contributed by atoms with van der Waals surface area (Å²) in [6.45, 7) is 1.70. The van der Waals surface area contributed by atoms with Crippen molar-refractivity contribution in [2.45, 2.75) is 25.3 Å². The summed E-state index contributed by atoms with van der Waals surface area (Å²) in [5.41, 5.74) is 2.09. The molecule has 0 N–H and O–H groups in total. The maximum absolute atomic E-state index is 13.1.